The van der Waals surface area contributed by atoms with Crippen molar-refractivity contribution >= 4 is 17.5 Å². The van der Waals surface area contributed by atoms with Gasteiger partial charge < -0.3 is 15.7 Å². The van der Waals surface area contributed by atoms with Gasteiger partial charge in [0, 0.05) is 12.2 Å². The molecule has 3 N–H and O–H groups in total. The summed E-state index contributed by atoms with van der Waals surface area (Å²) < 4.78 is 0. The van der Waals surface area contributed by atoms with Crippen LogP contribution >= 0.6 is 0 Å². The van der Waals surface area contributed by atoms with E-state index in [1.807, 2.05) is 26.0 Å². The van der Waals surface area contributed by atoms with Crippen LogP contribution in [0.5, 0.6) is 0 Å². The highest BCUT2D eigenvalue weighted by Crippen LogP contribution is 2.23. The van der Waals surface area contributed by atoms with E-state index in [0.29, 0.717) is 5.69 Å². The second-order valence-electron chi connectivity index (χ2n) is 4.18. The van der Waals surface area contributed by atoms with Crippen LogP contribution in [0.3, 0.4) is 0 Å². The minimum absolute atomic E-state index is 0.0675. The van der Waals surface area contributed by atoms with Gasteiger partial charge in [0.1, 0.15) is 0 Å². The summed E-state index contributed by atoms with van der Waals surface area (Å²) in [6, 6.07) is 7.35. The fourth-order valence-electron chi connectivity index (χ4n) is 1.54. The van der Waals surface area contributed by atoms with Gasteiger partial charge in [0.2, 0.25) is 0 Å². The first-order valence-corrected chi connectivity index (χ1v) is 5.85. The lowest BCUT2D eigenvalue weighted by atomic mass is 10.0. The number of anilines is 1. The molecule has 0 aliphatic rings. The summed E-state index contributed by atoms with van der Waals surface area (Å²) in [4.78, 5) is 22.9. The van der Waals surface area contributed by atoms with Crippen LogP contribution in [-0.2, 0) is 9.59 Å². The van der Waals surface area contributed by atoms with E-state index in [1.54, 1.807) is 12.1 Å². The van der Waals surface area contributed by atoms with Gasteiger partial charge in [-0.2, -0.15) is 0 Å². The summed E-state index contributed by atoms with van der Waals surface area (Å²) in [6.45, 7) is 3.90. The molecule has 0 saturated heterocycles. The topological polar surface area (TPSA) is 78.4 Å². The summed E-state index contributed by atoms with van der Waals surface area (Å²) >= 11 is 0. The molecular weight excluding hydrogens is 232 g/mol. The zero-order chi connectivity index (χ0) is 13.5. The van der Waals surface area contributed by atoms with Gasteiger partial charge in [-0.05, 0) is 17.5 Å². The van der Waals surface area contributed by atoms with E-state index in [2.05, 4.69) is 10.6 Å². The summed E-state index contributed by atoms with van der Waals surface area (Å²) in [6.07, 6.45) is 0. The number of benzene rings is 1. The lowest BCUT2D eigenvalue weighted by Gasteiger charge is -2.13. The third-order valence-electron chi connectivity index (χ3n) is 2.43. The molecule has 0 fully saturated rings. The normalized spacial score (nSPS) is 10.2. The predicted octanol–water partition coefficient (Wildman–Crippen LogP) is 0.857. The van der Waals surface area contributed by atoms with Crippen molar-refractivity contribution in [3.8, 4) is 0 Å². The number of carbonyl (C=O) groups is 2. The summed E-state index contributed by atoms with van der Waals surface area (Å²) in [7, 11) is 0. The Kier molecular flexibility index (Phi) is 5.32. The maximum atomic E-state index is 11.6. The van der Waals surface area contributed by atoms with Crippen LogP contribution in [0.15, 0.2) is 24.3 Å². The maximum Gasteiger partial charge on any atom is 0.313 e. The van der Waals surface area contributed by atoms with Crippen LogP contribution < -0.4 is 10.6 Å². The second-order valence-corrected chi connectivity index (χ2v) is 4.18. The fourth-order valence-corrected chi connectivity index (χ4v) is 1.54. The van der Waals surface area contributed by atoms with Crippen molar-refractivity contribution in [2.24, 2.45) is 0 Å². The molecule has 0 aliphatic carbocycles. The average Bonchev–Trinajstić information content (AvgIpc) is 2.36. The molecule has 5 nitrogen and oxygen atoms in total. The van der Waals surface area contributed by atoms with Crippen molar-refractivity contribution in [1.82, 2.24) is 5.32 Å². The van der Waals surface area contributed by atoms with Gasteiger partial charge in [-0.1, -0.05) is 32.0 Å². The Labute approximate surface area is 106 Å². The number of hydrogen-bond acceptors (Lipinski definition) is 3. The van der Waals surface area contributed by atoms with Crippen molar-refractivity contribution in [3.63, 3.8) is 0 Å². The van der Waals surface area contributed by atoms with Crippen molar-refractivity contribution in [2.45, 2.75) is 19.8 Å². The third-order valence-corrected chi connectivity index (χ3v) is 2.43. The Balaban J connectivity index is 2.73. The molecule has 5 heteroatoms. The molecule has 0 atom stereocenters. The average molecular weight is 250 g/mol. The number of amides is 2. The summed E-state index contributed by atoms with van der Waals surface area (Å²) in [5.41, 5.74) is 1.61. The molecule has 0 unspecified atom stereocenters. The van der Waals surface area contributed by atoms with Gasteiger partial charge in [0.05, 0.1) is 6.61 Å². The molecule has 0 spiro atoms. The molecule has 1 aromatic carbocycles. The van der Waals surface area contributed by atoms with Crippen LogP contribution in [0.4, 0.5) is 5.69 Å². The SMILES string of the molecule is CC(C)c1ccccc1NC(=O)C(=O)NCCO. The van der Waals surface area contributed by atoms with Gasteiger partial charge in [0.25, 0.3) is 0 Å². The zero-order valence-electron chi connectivity index (χ0n) is 10.6. The fraction of sp³-hybridized carbons (Fsp3) is 0.385. The van der Waals surface area contributed by atoms with Gasteiger partial charge in [-0.25, -0.2) is 0 Å². The summed E-state index contributed by atoms with van der Waals surface area (Å²) in [5, 5.41) is 13.4. The standard InChI is InChI=1S/C13H18N2O3/c1-9(2)10-5-3-4-6-11(10)15-13(18)12(17)14-7-8-16/h3-6,9,16H,7-8H2,1-2H3,(H,14,17)(H,15,18). The largest absolute Gasteiger partial charge is 0.395 e. The van der Waals surface area contributed by atoms with Crippen molar-refractivity contribution < 1.29 is 14.7 Å². The number of para-hydroxylation sites is 1. The zero-order valence-corrected chi connectivity index (χ0v) is 10.6. The summed E-state index contributed by atoms with van der Waals surface area (Å²) in [5.74, 6) is -1.22. The quantitative estimate of drug-likeness (QED) is 0.693. The smallest absolute Gasteiger partial charge is 0.313 e. The highest BCUT2D eigenvalue weighted by molar-refractivity contribution is 6.39. The van der Waals surface area contributed by atoms with E-state index >= 15 is 0 Å². The molecule has 98 valence electrons. The van der Waals surface area contributed by atoms with Gasteiger partial charge in [0.15, 0.2) is 0 Å². The van der Waals surface area contributed by atoms with Crippen LogP contribution in [0.1, 0.15) is 25.3 Å². The first-order chi connectivity index (χ1) is 8.56. The number of aliphatic hydroxyl groups is 1. The Bertz CT molecular complexity index is 430. The minimum atomic E-state index is -0.748. The van der Waals surface area contributed by atoms with Gasteiger partial charge in [-0.3, -0.25) is 9.59 Å². The second kappa shape index (κ2) is 6.76. The number of rotatable bonds is 4. The van der Waals surface area contributed by atoms with E-state index < -0.39 is 11.8 Å². The lowest BCUT2D eigenvalue weighted by molar-refractivity contribution is -0.136. The minimum Gasteiger partial charge on any atom is -0.395 e. The van der Waals surface area contributed by atoms with E-state index in [1.165, 1.54) is 0 Å². The van der Waals surface area contributed by atoms with Crippen LogP contribution in [0.25, 0.3) is 0 Å². The Hall–Kier alpha value is -1.88. The van der Waals surface area contributed by atoms with Crippen molar-refractivity contribution in [1.29, 1.82) is 0 Å². The van der Waals surface area contributed by atoms with E-state index in [4.69, 9.17) is 5.11 Å². The Morgan fingerprint density at radius 1 is 1.22 bits per heavy atom. The molecule has 0 radical (unpaired) electrons. The van der Waals surface area contributed by atoms with Crippen LogP contribution in [0, 0.1) is 0 Å². The molecule has 2 amide bonds. The number of carbonyl (C=O) groups excluding carboxylic acids is 2. The van der Waals surface area contributed by atoms with E-state index in [9.17, 15) is 9.59 Å². The van der Waals surface area contributed by atoms with Crippen LogP contribution in [0.2, 0.25) is 0 Å². The molecule has 0 heterocycles. The van der Waals surface area contributed by atoms with E-state index in [-0.39, 0.29) is 19.1 Å². The molecule has 1 rings (SSSR count). The maximum absolute atomic E-state index is 11.6. The molecule has 0 aliphatic heterocycles. The molecule has 0 saturated carbocycles. The van der Waals surface area contributed by atoms with Crippen molar-refractivity contribution in [3.05, 3.63) is 29.8 Å². The highest BCUT2D eigenvalue weighted by atomic mass is 16.3. The Morgan fingerprint density at radius 3 is 2.50 bits per heavy atom. The molecule has 1 aromatic rings. The molecule has 0 aromatic heterocycles. The number of nitrogens with one attached hydrogen (secondary N) is 2. The molecule has 0 bridgehead atoms. The molecule has 18 heavy (non-hydrogen) atoms. The number of hydrogen-bond donors (Lipinski definition) is 3. The molecular formula is C13H18N2O3. The monoisotopic (exact) mass is 250 g/mol. The van der Waals surface area contributed by atoms with E-state index in [0.717, 1.165) is 5.56 Å². The highest BCUT2D eigenvalue weighted by Gasteiger charge is 2.15. The lowest BCUT2D eigenvalue weighted by Crippen LogP contribution is -2.37. The van der Waals surface area contributed by atoms with Gasteiger partial charge in [-0.15, -0.1) is 0 Å². The Morgan fingerprint density at radius 2 is 1.89 bits per heavy atom. The number of aliphatic hydroxyl groups excluding tert-OH is 1. The first kappa shape index (κ1) is 14.2. The van der Waals surface area contributed by atoms with Gasteiger partial charge >= 0.3 is 11.8 Å². The predicted molar refractivity (Wildman–Crippen MR) is 69.3 cm³/mol. The first-order valence-electron chi connectivity index (χ1n) is 5.85. The third kappa shape index (κ3) is 3.85. The van der Waals surface area contributed by atoms with Crippen LogP contribution in [-0.4, -0.2) is 30.1 Å². The van der Waals surface area contributed by atoms with Crippen molar-refractivity contribution in [2.75, 3.05) is 18.5 Å².